The SMILES string of the molecule is CCCNC(=O)C(C)NC(=O)c1nc(C(C)C)ncc1Cl. The Balaban J connectivity index is 2.79. The molecule has 0 radical (unpaired) electrons. The molecule has 7 heteroatoms. The van der Waals surface area contributed by atoms with E-state index < -0.39 is 11.9 Å². The molecule has 6 nitrogen and oxygen atoms in total. The Bertz CT molecular complexity index is 520. The van der Waals surface area contributed by atoms with Crippen molar-refractivity contribution in [3.05, 3.63) is 22.7 Å². The van der Waals surface area contributed by atoms with Crippen molar-refractivity contribution in [3.8, 4) is 0 Å². The minimum Gasteiger partial charge on any atom is -0.354 e. The average molecular weight is 313 g/mol. The van der Waals surface area contributed by atoms with Gasteiger partial charge in [0.15, 0.2) is 0 Å². The fourth-order valence-electron chi connectivity index (χ4n) is 1.55. The van der Waals surface area contributed by atoms with Crippen molar-refractivity contribution < 1.29 is 9.59 Å². The van der Waals surface area contributed by atoms with E-state index >= 15 is 0 Å². The molecule has 1 aromatic rings. The highest BCUT2D eigenvalue weighted by atomic mass is 35.5. The van der Waals surface area contributed by atoms with E-state index in [1.54, 1.807) is 6.92 Å². The summed E-state index contributed by atoms with van der Waals surface area (Å²) in [5.74, 6) is -0.102. The van der Waals surface area contributed by atoms with Crippen LogP contribution < -0.4 is 10.6 Å². The summed E-state index contributed by atoms with van der Waals surface area (Å²) in [6, 6.07) is -0.655. The van der Waals surface area contributed by atoms with E-state index in [9.17, 15) is 9.59 Å². The lowest BCUT2D eigenvalue weighted by atomic mass is 10.2. The minimum absolute atomic E-state index is 0.0825. The quantitative estimate of drug-likeness (QED) is 0.840. The Kier molecular flexibility index (Phi) is 6.55. The van der Waals surface area contributed by atoms with Gasteiger partial charge in [-0.15, -0.1) is 0 Å². The smallest absolute Gasteiger partial charge is 0.272 e. The zero-order valence-electron chi connectivity index (χ0n) is 12.7. The summed E-state index contributed by atoms with van der Waals surface area (Å²) in [7, 11) is 0. The predicted molar refractivity (Wildman–Crippen MR) is 81.4 cm³/mol. The Morgan fingerprint density at radius 2 is 2.00 bits per heavy atom. The van der Waals surface area contributed by atoms with Crippen LogP contribution in [-0.2, 0) is 4.79 Å². The highest BCUT2D eigenvalue weighted by molar-refractivity contribution is 6.33. The Labute approximate surface area is 129 Å². The first-order valence-electron chi connectivity index (χ1n) is 6.97. The van der Waals surface area contributed by atoms with Crippen LogP contribution in [0.3, 0.4) is 0 Å². The van der Waals surface area contributed by atoms with Crippen LogP contribution in [0.1, 0.15) is 56.3 Å². The highest BCUT2D eigenvalue weighted by Crippen LogP contribution is 2.16. The van der Waals surface area contributed by atoms with Crippen molar-refractivity contribution in [2.75, 3.05) is 6.54 Å². The summed E-state index contributed by atoms with van der Waals surface area (Å²) in [4.78, 5) is 32.1. The lowest BCUT2D eigenvalue weighted by Gasteiger charge is -2.14. The third-order valence-electron chi connectivity index (χ3n) is 2.78. The van der Waals surface area contributed by atoms with Crippen LogP contribution in [0.2, 0.25) is 5.02 Å². The standard InChI is InChI=1S/C14H21ClN4O2/c1-5-6-16-13(20)9(4)18-14(21)11-10(15)7-17-12(19-11)8(2)3/h7-9H,5-6H2,1-4H3,(H,16,20)(H,18,21). The van der Waals surface area contributed by atoms with Gasteiger partial charge in [-0.3, -0.25) is 9.59 Å². The van der Waals surface area contributed by atoms with Crippen LogP contribution in [-0.4, -0.2) is 34.4 Å². The molecule has 1 aromatic heterocycles. The fraction of sp³-hybridized carbons (Fsp3) is 0.571. The molecule has 2 N–H and O–H groups in total. The average Bonchev–Trinajstić information content (AvgIpc) is 2.44. The van der Waals surface area contributed by atoms with E-state index in [2.05, 4.69) is 20.6 Å². The number of hydrogen-bond acceptors (Lipinski definition) is 4. The van der Waals surface area contributed by atoms with Gasteiger partial charge in [0.2, 0.25) is 5.91 Å². The molecule has 0 saturated heterocycles. The third-order valence-corrected chi connectivity index (χ3v) is 3.06. The van der Waals surface area contributed by atoms with Crippen LogP contribution in [0.25, 0.3) is 0 Å². The monoisotopic (exact) mass is 312 g/mol. The van der Waals surface area contributed by atoms with E-state index in [-0.39, 0.29) is 22.5 Å². The number of rotatable bonds is 6. The van der Waals surface area contributed by atoms with Gasteiger partial charge in [0.1, 0.15) is 17.6 Å². The number of halogens is 1. The van der Waals surface area contributed by atoms with E-state index in [4.69, 9.17) is 11.6 Å². The highest BCUT2D eigenvalue weighted by Gasteiger charge is 2.20. The predicted octanol–water partition coefficient (Wildman–Crippen LogP) is 1.90. The first kappa shape index (κ1) is 17.4. The summed E-state index contributed by atoms with van der Waals surface area (Å²) in [6.07, 6.45) is 2.24. The van der Waals surface area contributed by atoms with Gasteiger partial charge in [-0.2, -0.15) is 0 Å². The summed E-state index contributed by atoms with van der Waals surface area (Å²) in [5, 5.41) is 5.46. The van der Waals surface area contributed by atoms with E-state index in [1.165, 1.54) is 6.20 Å². The number of nitrogens with one attached hydrogen (secondary N) is 2. The molecule has 0 aliphatic carbocycles. The van der Waals surface area contributed by atoms with Gasteiger partial charge < -0.3 is 10.6 Å². The van der Waals surface area contributed by atoms with Crippen molar-refractivity contribution in [2.45, 2.75) is 46.1 Å². The van der Waals surface area contributed by atoms with Gasteiger partial charge >= 0.3 is 0 Å². The summed E-state index contributed by atoms with van der Waals surface area (Å²) in [5.41, 5.74) is 0.0884. The summed E-state index contributed by atoms with van der Waals surface area (Å²) < 4.78 is 0. The van der Waals surface area contributed by atoms with Gasteiger partial charge in [-0.25, -0.2) is 9.97 Å². The van der Waals surface area contributed by atoms with Crippen LogP contribution in [0, 0.1) is 0 Å². The van der Waals surface area contributed by atoms with Gasteiger partial charge in [-0.1, -0.05) is 32.4 Å². The second kappa shape index (κ2) is 7.93. The Morgan fingerprint density at radius 1 is 1.33 bits per heavy atom. The van der Waals surface area contributed by atoms with Crippen LogP contribution >= 0.6 is 11.6 Å². The zero-order valence-corrected chi connectivity index (χ0v) is 13.5. The number of carbonyl (C=O) groups is 2. The number of hydrogen-bond donors (Lipinski definition) is 2. The van der Waals surface area contributed by atoms with E-state index in [0.29, 0.717) is 12.4 Å². The molecule has 1 heterocycles. The number of nitrogens with zero attached hydrogens (tertiary/aromatic N) is 2. The summed E-state index contributed by atoms with van der Waals surface area (Å²) in [6.45, 7) is 7.99. The van der Waals surface area contributed by atoms with E-state index in [0.717, 1.165) is 6.42 Å². The molecule has 21 heavy (non-hydrogen) atoms. The normalized spacial score (nSPS) is 12.1. The van der Waals surface area contributed by atoms with Crippen LogP contribution in [0.5, 0.6) is 0 Å². The fourth-order valence-corrected chi connectivity index (χ4v) is 1.73. The molecule has 1 rings (SSSR count). The second-order valence-corrected chi connectivity index (χ2v) is 5.47. The second-order valence-electron chi connectivity index (χ2n) is 5.07. The lowest BCUT2D eigenvalue weighted by Crippen LogP contribution is -2.45. The Hall–Kier alpha value is -1.69. The van der Waals surface area contributed by atoms with E-state index in [1.807, 2.05) is 20.8 Å². The zero-order chi connectivity index (χ0) is 16.0. The molecular weight excluding hydrogens is 292 g/mol. The van der Waals surface area contributed by atoms with Gasteiger partial charge in [0, 0.05) is 12.5 Å². The largest absolute Gasteiger partial charge is 0.354 e. The van der Waals surface area contributed by atoms with Crippen molar-refractivity contribution in [1.82, 2.24) is 20.6 Å². The van der Waals surface area contributed by atoms with Crippen molar-refractivity contribution in [3.63, 3.8) is 0 Å². The molecule has 0 spiro atoms. The maximum absolute atomic E-state index is 12.2. The molecular formula is C14H21ClN4O2. The molecule has 0 aromatic carbocycles. The third kappa shape index (κ3) is 4.97. The number of carbonyl (C=O) groups excluding carboxylic acids is 2. The molecule has 0 bridgehead atoms. The van der Waals surface area contributed by atoms with Gasteiger partial charge in [0.25, 0.3) is 5.91 Å². The molecule has 0 fully saturated rings. The minimum atomic E-state index is -0.655. The molecule has 0 aliphatic rings. The number of aromatic nitrogens is 2. The first-order valence-corrected chi connectivity index (χ1v) is 7.35. The first-order chi connectivity index (χ1) is 9.86. The maximum atomic E-state index is 12.2. The number of amides is 2. The molecule has 0 saturated carbocycles. The molecule has 116 valence electrons. The lowest BCUT2D eigenvalue weighted by molar-refractivity contribution is -0.122. The van der Waals surface area contributed by atoms with Crippen molar-refractivity contribution in [2.24, 2.45) is 0 Å². The van der Waals surface area contributed by atoms with Gasteiger partial charge in [-0.05, 0) is 13.3 Å². The van der Waals surface area contributed by atoms with Crippen LogP contribution in [0.4, 0.5) is 0 Å². The van der Waals surface area contributed by atoms with Crippen LogP contribution in [0.15, 0.2) is 6.20 Å². The Morgan fingerprint density at radius 3 is 2.57 bits per heavy atom. The molecule has 1 unspecified atom stereocenters. The topological polar surface area (TPSA) is 84.0 Å². The van der Waals surface area contributed by atoms with Gasteiger partial charge in [0.05, 0.1) is 11.2 Å². The molecule has 2 amide bonds. The van der Waals surface area contributed by atoms with Crippen molar-refractivity contribution in [1.29, 1.82) is 0 Å². The molecule has 0 aliphatic heterocycles. The molecule has 1 atom stereocenters. The summed E-state index contributed by atoms with van der Waals surface area (Å²) >= 11 is 5.96. The van der Waals surface area contributed by atoms with Crippen molar-refractivity contribution >= 4 is 23.4 Å². The maximum Gasteiger partial charge on any atom is 0.272 e.